The molecule has 1 spiro atoms. The van der Waals surface area contributed by atoms with Gasteiger partial charge in [0, 0.05) is 12.0 Å². The Morgan fingerprint density at radius 1 is 1.21 bits per heavy atom. The van der Waals surface area contributed by atoms with Gasteiger partial charge in [0.25, 0.3) is 6.02 Å². The van der Waals surface area contributed by atoms with Crippen molar-refractivity contribution in [1.82, 2.24) is 0 Å². The Kier molecular flexibility index (Phi) is 3.65. The number of nitrogens with two attached hydrogens (primary N) is 1. The van der Waals surface area contributed by atoms with Crippen LogP contribution in [0.25, 0.3) is 11.1 Å². The van der Waals surface area contributed by atoms with Gasteiger partial charge in [-0.3, -0.25) is 0 Å². The zero-order valence-corrected chi connectivity index (χ0v) is 15.6. The van der Waals surface area contributed by atoms with Gasteiger partial charge in [-0.2, -0.15) is 5.26 Å². The topological polar surface area (TPSA) is 89.9 Å². The Morgan fingerprint density at radius 2 is 2.07 bits per heavy atom. The van der Waals surface area contributed by atoms with Crippen LogP contribution in [0, 0.1) is 17.2 Å². The van der Waals surface area contributed by atoms with Gasteiger partial charge < -0.3 is 19.9 Å². The van der Waals surface area contributed by atoms with Crippen molar-refractivity contribution in [2.75, 3.05) is 19.8 Å². The molecule has 3 aliphatic heterocycles. The summed E-state index contributed by atoms with van der Waals surface area (Å²) in [4.78, 5) is 4.78. The molecule has 2 aromatic rings. The maximum Gasteiger partial charge on any atom is 0.283 e. The van der Waals surface area contributed by atoms with Gasteiger partial charge in [0.05, 0.1) is 30.8 Å². The summed E-state index contributed by atoms with van der Waals surface area (Å²) < 4.78 is 17.9. The number of fused-ring (bicyclic) bond motifs is 4. The van der Waals surface area contributed by atoms with Crippen LogP contribution in [0.4, 0.5) is 0 Å². The number of amidine groups is 1. The molecule has 0 bridgehead atoms. The van der Waals surface area contributed by atoms with Crippen molar-refractivity contribution >= 4 is 6.02 Å². The largest absolute Gasteiger partial charge is 0.487 e. The Balaban J connectivity index is 1.69. The molecule has 0 saturated carbocycles. The van der Waals surface area contributed by atoms with E-state index in [9.17, 15) is 5.26 Å². The fourth-order valence-electron chi connectivity index (χ4n) is 4.70. The van der Waals surface area contributed by atoms with Gasteiger partial charge in [0.1, 0.15) is 23.5 Å². The minimum Gasteiger partial charge on any atom is -0.487 e. The summed E-state index contributed by atoms with van der Waals surface area (Å²) in [6.07, 6.45) is 0.792. The summed E-state index contributed by atoms with van der Waals surface area (Å²) in [5, 5.41) is 9.22. The maximum absolute atomic E-state index is 9.22. The average molecular weight is 375 g/mol. The Hall–Kier alpha value is -3.04. The second-order valence-corrected chi connectivity index (χ2v) is 7.86. The van der Waals surface area contributed by atoms with Crippen molar-refractivity contribution in [2.45, 2.75) is 24.5 Å². The van der Waals surface area contributed by atoms with Crippen LogP contribution in [-0.2, 0) is 15.0 Å². The van der Waals surface area contributed by atoms with Crippen LogP contribution in [0.5, 0.6) is 5.75 Å². The van der Waals surface area contributed by atoms with Crippen LogP contribution in [0.15, 0.2) is 47.5 Å². The minimum absolute atomic E-state index is 0.00277. The number of rotatable bonds is 1. The number of nitriles is 1. The van der Waals surface area contributed by atoms with Gasteiger partial charge >= 0.3 is 0 Å². The van der Waals surface area contributed by atoms with E-state index in [1.165, 1.54) is 0 Å². The van der Waals surface area contributed by atoms with Crippen LogP contribution in [-0.4, -0.2) is 31.4 Å². The number of aliphatic imine (C=N–C) groups is 1. The first-order valence-corrected chi connectivity index (χ1v) is 9.44. The van der Waals surface area contributed by atoms with Crippen molar-refractivity contribution in [3.05, 3.63) is 53.6 Å². The molecule has 0 amide bonds. The predicted octanol–water partition coefficient (Wildman–Crippen LogP) is 2.95. The van der Waals surface area contributed by atoms with Gasteiger partial charge in [0.15, 0.2) is 0 Å². The molecule has 28 heavy (non-hydrogen) atoms. The van der Waals surface area contributed by atoms with Gasteiger partial charge in [-0.25, -0.2) is 4.99 Å². The molecule has 5 rings (SSSR count). The first-order valence-electron chi connectivity index (χ1n) is 9.44. The van der Waals surface area contributed by atoms with Gasteiger partial charge in [-0.1, -0.05) is 18.2 Å². The van der Waals surface area contributed by atoms with Crippen molar-refractivity contribution in [2.24, 2.45) is 16.6 Å². The van der Waals surface area contributed by atoms with E-state index in [0.29, 0.717) is 25.4 Å². The van der Waals surface area contributed by atoms with E-state index >= 15 is 0 Å². The first-order chi connectivity index (χ1) is 13.5. The lowest BCUT2D eigenvalue weighted by molar-refractivity contribution is -0.129. The SMILES string of the molecule is CC12CCOCC1C1(COC(N)=N1)c1cc(-c3cccc(C#N)c3)ccc1O2. The van der Waals surface area contributed by atoms with E-state index in [4.69, 9.17) is 24.9 Å². The highest BCUT2D eigenvalue weighted by atomic mass is 16.5. The second kappa shape index (κ2) is 5.98. The molecule has 0 aromatic heterocycles. The molecule has 6 nitrogen and oxygen atoms in total. The summed E-state index contributed by atoms with van der Waals surface area (Å²) in [5.74, 6) is 0.811. The zero-order chi connectivity index (χ0) is 19.4. The van der Waals surface area contributed by atoms with Crippen molar-refractivity contribution < 1.29 is 14.2 Å². The Morgan fingerprint density at radius 3 is 2.86 bits per heavy atom. The van der Waals surface area contributed by atoms with Crippen molar-refractivity contribution in [3.8, 4) is 22.9 Å². The molecule has 3 aliphatic rings. The average Bonchev–Trinajstić information content (AvgIpc) is 3.10. The molecule has 1 fully saturated rings. The van der Waals surface area contributed by atoms with Crippen LogP contribution in [0.1, 0.15) is 24.5 Å². The van der Waals surface area contributed by atoms with Crippen LogP contribution < -0.4 is 10.5 Å². The highest BCUT2D eigenvalue weighted by Gasteiger charge is 2.59. The molecule has 3 heterocycles. The number of ether oxygens (including phenoxy) is 3. The predicted molar refractivity (Wildman–Crippen MR) is 104 cm³/mol. The lowest BCUT2D eigenvalue weighted by Gasteiger charge is -2.52. The highest BCUT2D eigenvalue weighted by Crippen LogP contribution is 2.54. The molecular weight excluding hydrogens is 354 g/mol. The van der Waals surface area contributed by atoms with Crippen molar-refractivity contribution in [3.63, 3.8) is 0 Å². The smallest absolute Gasteiger partial charge is 0.283 e. The summed E-state index contributed by atoms with van der Waals surface area (Å²) in [7, 11) is 0. The molecule has 142 valence electrons. The lowest BCUT2D eigenvalue weighted by Crippen LogP contribution is -2.59. The monoisotopic (exact) mass is 375 g/mol. The van der Waals surface area contributed by atoms with E-state index in [0.717, 1.165) is 28.9 Å². The van der Waals surface area contributed by atoms with E-state index in [1.54, 1.807) is 6.07 Å². The number of hydrogen-bond donors (Lipinski definition) is 1. The van der Waals surface area contributed by atoms with E-state index in [2.05, 4.69) is 19.1 Å². The second-order valence-electron chi connectivity index (χ2n) is 7.86. The van der Waals surface area contributed by atoms with Crippen molar-refractivity contribution in [1.29, 1.82) is 5.26 Å². The summed E-state index contributed by atoms with van der Waals surface area (Å²) in [5.41, 5.74) is 8.50. The number of benzene rings is 2. The van der Waals surface area contributed by atoms with Gasteiger partial charge in [0.2, 0.25) is 0 Å². The maximum atomic E-state index is 9.22. The zero-order valence-electron chi connectivity index (χ0n) is 15.6. The van der Waals surface area contributed by atoms with E-state index in [1.807, 2.05) is 30.3 Å². The third kappa shape index (κ3) is 2.40. The normalized spacial score (nSPS) is 30.4. The standard InChI is InChI=1S/C22H21N3O3/c1-21-7-8-26-12-19(21)22(13-27-20(24)25-22)17-10-16(5-6-18(17)28-21)15-4-2-3-14(9-15)11-23/h2-6,9-10,19H,7-8,12-13H2,1H3,(H2,24,25). The summed E-state index contributed by atoms with van der Waals surface area (Å²) >= 11 is 0. The molecule has 6 heteroatoms. The van der Waals surface area contributed by atoms with Crippen LogP contribution >= 0.6 is 0 Å². The van der Waals surface area contributed by atoms with Crippen LogP contribution in [0.3, 0.4) is 0 Å². The number of hydrogen-bond acceptors (Lipinski definition) is 6. The molecule has 3 atom stereocenters. The Labute approximate surface area is 163 Å². The molecular formula is C22H21N3O3. The minimum atomic E-state index is -0.629. The fraction of sp³-hybridized carbons (Fsp3) is 0.364. The Bertz CT molecular complexity index is 1030. The summed E-state index contributed by atoms with van der Waals surface area (Å²) in [6, 6.07) is 16.1. The van der Waals surface area contributed by atoms with Crippen LogP contribution in [0.2, 0.25) is 0 Å². The summed E-state index contributed by atoms with van der Waals surface area (Å²) in [6.45, 7) is 3.71. The molecule has 2 N–H and O–H groups in total. The first kappa shape index (κ1) is 17.1. The fourth-order valence-corrected chi connectivity index (χ4v) is 4.70. The molecule has 2 aromatic carbocycles. The van der Waals surface area contributed by atoms with Gasteiger partial charge in [-0.05, 0) is 42.3 Å². The van der Waals surface area contributed by atoms with Gasteiger partial charge in [-0.15, -0.1) is 0 Å². The lowest BCUT2D eigenvalue weighted by atomic mass is 9.66. The quantitative estimate of drug-likeness (QED) is 0.828. The molecule has 0 aliphatic carbocycles. The van der Waals surface area contributed by atoms with E-state index in [-0.39, 0.29) is 17.5 Å². The third-order valence-corrected chi connectivity index (χ3v) is 6.20. The highest BCUT2D eigenvalue weighted by molar-refractivity contribution is 5.76. The molecule has 1 saturated heterocycles. The van der Waals surface area contributed by atoms with E-state index < -0.39 is 5.54 Å². The molecule has 0 radical (unpaired) electrons. The number of nitrogens with zero attached hydrogens (tertiary/aromatic N) is 2. The third-order valence-electron chi connectivity index (χ3n) is 6.20. The molecule has 3 unspecified atom stereocenters.